The Morgan fingerprint density at radius 2 is 0.924 bits per heavy atom. The first-order valence-electron chi connectivity index (χ1n) is 23.1. The molecular weight excluding hydrogens is 862 g/mol. The van der Waals surface area contributed by atoms with Crippen molar-refractivity contribution in [2.45, 2.75) is 97.0 Å². The van der Waals surface area contributed by atoms with Gasteiger partial charge in [0, 0.05) is 0 Å². The molecule has 66 heavy (non-hydrogen) atoms. The Morgan fingerprint density at radius 3 is 1.35 bits per heavy atom. The van der Waals surface area contributed by atoms with Crippen molar-refractivity contribution in [1.82, 2.24) is 0 Å². The Kier molecular flexibility index (Phi) is 23.7. The topological polar surface area (TPSA) is 179 Å². The van der Waals surface area contributed by atoms with Crippen LogP contribution in [0.25, 0.3) is 0 Å². The lowest BCUT2D eigenvalue weighted by atomic mass is 10.1. The molecule has 0 heterocycles. The van der Waals surface area contributed by atoms with E-state index in [1.807, 2.05) is 69.7 Å². The fraction of sp³-hybridized carbons (Fsp3) is 0.480. The normalized spacial score (nSPS) is 13.1. The summed E-state index contributed by atoms with van der Waals surface area (Å²) >= 11 is 0. The van der Waals surface area contributed by atoms with Crippen LogP contribution in [0.5, 0.6) is 11.5 Å². The number of likely N-dealkylation sites (N-methyl/N-ethyl adjacent to an activating group) is 1. The second-order valence-electron chi connectivity index (χ2n) is 16.9. The molecule has 0 aliphatic rings. The molecule has 0 N–H and O–H groups in total. The van der Waals surface area contributed by atoms with E-state index in [1.165, 1.54) is 75.6 Å². The summed E-state index contributed by atoms with van der Waals surface area (Å²) in [4.78, 5) is 39.0. The van der Waals surface area contributed by atoms with Gasteiger partial charge in [0.05, 0.1) is 74.8 Å². The molecule has 4 rings (SSSR count). The largest absolute Gasteiger partial charge is 0.756 e. The first-order chi connectivity index (χ1) is 31.8. The van der Waals surface area contributed by atoms with Gasteiger partial charge in [-0.05, 0) is 110 Å². The fourth-order valence-electron chi connectivity index (χ4n) is 6.15. The third-order valence-corrected chi connectivity index (χ3v) is 11.0. The number of rotatable bonds is 32. The van der Waals surface area contributed by atoms with Crippen molar-refractivity contribution in [3.63, 3.8) is 0 Å². The van der Waals surface area contributed by atoms with Gasteiger partial charge in [-0.1, -0.05) is 78.1 Å². The number of hydrogen-bond donors (Lipinski definition) is 0. The van der Waals surface area contributed by atoms with Crippen molar-refractivity contribution in [3.8, 4) is 11.5 Å². The molecule has 16 heteroatoms. The van der Waals surface area contributed by atoms with Gasteiger partial charge in [-0.15, -0.1) is 0 Å². The molecule has 0 fully saturated rings. The van der Waals surface area contributed by atoms with Crippen LogP contribution in [0.2, 0.25) is 0 Å². The second-order valence-corrected chi connectivity index (χ2v) is 18.3. The van der Waals surface area contributed by atoms with E-state index in [1.54, 1.807) is 24.3 Å². The van der Waals surface area contributed by atoms with Crippen LogP contribution in [0.1, 0.15) is 112 Å². The highest BCUT2D eigenvalue weighted by Gasteiger charge is 2.23. The number of hydrogen-bond acceptors (Lipinski definition) is 14. The van der Waals surface area contributed by atoms with E-state index < -0.39 is 39.1 Å². The third-order valence-electron chi connectivity index (χ3n) is 10.1. The molecule has 0 aliphatic heterocycles. The van der Waals surface area contributed by atoms with Crippen LogP contribution < -0.4 is 14.4 Å². The molecule has 0 spiro atoms. The molecule has 358 valence electrons. The molecule has 0 aromatic heterocycles. The van der Waals surface area contributed by atoms with E-state index >= 15 is 0 Å². The lowest BCUT2D eigenvalue weighted by Gasteiger charge is -2.28. The van der Waals surface area contributed by atoms with Crippen molar-refractivity contribution < 1.29 is 51.5 Å². The number of carbonyl (C=O) groups excluding carboxylic acids is 2. The van der Waals surface area contributed by atoms with Crippen molar-refractivity contribution >= 4 is 42.5 Å². The predicted molar refractivity (Wildman–Crippen MR) is 254 cm³/mol. The number of azo groups is 2. The number of nitrogens with zero attached hydrogens (tertiary/aromatic N) is 5. The van der Waals surface area contributed by atoms with Gasteiger partial charge >= 0.3 is 11.9 Å². The van der Waals surface area contributed by atoms with Crippen molar-refractivity contribution in [3.05, 3.63) is 108 Å². The lowest BCUT2D eigenvalue weighted by molar-refractivity contribution is -0.870. The summed E-state index contributed by atoms with van der Waals surface area (Å²) in [5.41, 5.74) is 2.56. The molecule has 0 bridgehead atoms. The van der Waals surface area contributed by atoms with Gasteiger partial charge < -0.3 is 37.4 Å². The summed E-state index contributed by atoms with van der Waals surface area (Å²) in [7, 11) is 0.854. The minimum absolute atomic E-state index is 0.122. The van der Waals surface area contributed by atoms with Gasteiger partial charge in [0.2, 0.25) is 0 Å². The number of benzene rings is 4. The molecule has 4 aromatic carbocycles. The van der Waals surface area contributed by atoms with E-state index in [2.05, 4.69) is 34.3 Å². The molecule has 0 saturated heterocycles. The number of carbonyl (C=O) groups is 2. The van der Waals surface area contributed by atoms with E-state index in [0.717, 1.165) is 37.2 Å². The van der Waals surface area contributed by atoms with Crippen molar-refractivity contribution in [2.24, 2.45) is 20.5 Å². The van der Waals surface area contributed by atoms with Gasteiger partial charge in [0.1, 0.15) is 31.3 Å². The zero-order valence-electron chi connectivity index (χ0n) is 39.3. The number of ether oxygens (including phenoxy) is 4. The second kappa shape index (κ2) is 29.4. The van der Waals surface area contributed by atoms with Crippen LogP contribution in [-0.2, 0) is 23.1 Å². The molecule has 0 amide bonds. The predicted octanol–water partition coefficient (Wildman–Crippen LogP) is 12.6. The maximum atomic E-state index is 13.3. The smallest absolute Gasteiger partial charge is 0.338 e. The number of phosphoric acid groups is 1. The van der Waals surface area contributed by atoms with Crippen molar-refractivity contribution in [2.75, 3.05) is 60.7 Å². The zero-order valence-corrected chi connectivity index (χ0v) is 40.2. The molecule has 2 atom stereocenters. The maximum Gasteiger partial charge on any atom is 0.338 e. The molecule has 4 aromatic rings. The highest BCUT2D eigenvalue weighted by Crippen LogP contribution is 2.38. The summed E-state index contributed by atoms with van der Waals surface area (Å²) in [6, 6.07) is 27.1. The van der Waals surface area contributed by atoms with E-state index in [9.17, 15) is 19.0 Å². The van der Waals surface area contributed by atoms with Crippen molar-refractivity contribution in [1.29, 1.82) is 0 Å². The summed E-state index contributed by atoms with van der Waals surface area (Å²) in [5.74, 6) is -0.0116. The Bertz CT molecular complexity index is 2110. The molecule has 2 unspecified atom stereocenters. The van der Waals surface area contributed by atoms with Gasteiger partial charge in [-0.2, -0.15) is 20.5 Å². The zero-order chi connectivity index (χ0) is 47.5. The molecule has 0 aliphatic carbocycles. The molecule has 0 radical (unpaired) electrons. The number of phosphoric ester groups is 1. The van der Waals surface area contributed by atoms with Crippen LogP contribution >= 0.6 is 7.82 Å². The van der Waals surface area contributed by atoms with Crippen LogP contribution in [0.4, 0.5) is 22.7 Å². The van der Waals surface area contributed by atoms with Gasteiger partial charge in [-0.25, -0.2) is 9.59 Å². The van der Waals surface area contributed by atoms with Crippen LogP contribution in [0.15, 0.2) is 118 Å². The summed E-state index contributed by atoms with van der Waals surface area (Å²) in [6.07, 6.45) is 13.0. The monoisotopic (exact) mass is 929 g/mol. The minimum atomic E-state index is -4.80. The average molecular weight is 930 g/mol. The highest BCUT2D eigenvalue weighted by atomic mass is 31.2. The van der Waals surface area contributed by atoms with Crippen LogP contribution in [-0.4, -0.2) is 83.2 Å². The summed E-state index contributed by atoms with van der Waals surface area (Å²) in [5, 5.41) is 17.1. The number of quaternary nitrogens is 1. The summed E-state index contributed by atoms with van der Waals surface area (Å²) in [6.45, 7) is 4.85. The Labute approximate surface area is 390 Å². The number of unbranched alkanes of at least 4 members (excludes halogenated alkanes) is 10. The Balaban J connectivity index is 1.29. The highest BCUT2D eigenvalue weighted by molar-refractivity contribution is 7.45. The SMILES string of the molecule is CCCCCCCCOc1ccc(N=Nc2ccc(C(=O)OCC(COP(=O)([O-])OCC[N+](C)(C)C)OC(=O)c3ccc(N=Nc4ccc(OCCCCCCCC)cc4)cc3)cc2)cc1. The van der Waals surface area contributed by atoms with E-state index in [4.69, 9.17) is 28.0 Å². The average Bonchev–Trinajstić information content (AvgIpc) is 3.31. The Morgan fingerprint density at radius 1 is 0.530 bits per heavy atom. The van der Waals surface area contributed by atoms with Crippen LogP contribution in [0.3, 0.4) is 0 Å². The van der Waals surface area contributed by atoms with Gasteiger partial charge in [-0.3, -0.25) is 4.57 Å². The molecular formula is C50H68N5O10P. The van der Waals surface area contributed by atoms with E-state index in [0.29, 0.717) is 47.0 Å². The van der Waals surface area contributed by atoms with Gasteiger partial charge in [0.15, 0.2) is 6.10 Å². The molecule has 0 saturated carbocycles. The first-order valence-corrected chi connectivity index (χ1v) is 24.6. The lowest BCUT2D eigenvalue weighted by Crippen LogP contribution is -2.37. The first kappa shape index (κ1) is 53.3. The quantitative estimate of drug-likeness (QED) is 0.0150. The molecule has 15 nitrogen and oxygen atoms in total. The van der Waals surface area contributed by atoms with E-state index in [-0.39, 0.29) is 17.7 Å². The minimum Gasteiger partial charge on any atom is -0.756 e. The summed E-state index contributed by atoms with van der Waals surface area (Å²) < 4.78 is 45.9. The Hall–Kier alpha value is -5.31. The number of esters is 2. The fourth-order valence-corrected chi connectivity index (χ4v) is 6.88. The standard InChI is InChI=1S/C50H68N5O10P/c1-6-8-10-12-14-16-35-60-46-30-26-44(27-31-46)53-51-42-22-18-40(19-23-42)49(56)62-38-48(39-64-66(58,59)63-37-34-55(3,4)5)65-50(57)41-20-24-43(25-21-41)52-54-45-28-32-47(33-29-45)61-36-17-15-13-11-9-7-2/h18-33,48H,6-17,34-39H2,1-5H3. The van der Waals surface area contributed by atoms with Crippen LogP contribution in [0, 0.1) is 0 Å². The maximum absolute atomic E-state index is 13.3. The van der Waals surface area contributed by atoms with Gasteiger partial charge in [0.25, 0.3) is 7.82 Å². The third kappa shape index (κ3) is 22.3.